The van der Waals surface area contributed by atoms with Gasteiger partial charge in [0.25, 0.3) is 0 Å². The van der Waals surface area contributed by atoms with Gasteiger partial charge in [-0.15, -0.1) is 0 Å². The van der Waals surface area contributed by atoms with Crippen LogP contribution in [0.1, 0.15) is 0 Å². The molecule has 4 nitrogen and oxygen atoms in total. The van der Waals surface area contributed by atoms with Crippen molar-refractivity contribution in [3.8, 4) is 11.5 Å². The van der Waals surface area contributed by atoms with E-state index in [1.165, 1.54) is 18.0 Å². The number of pyridine rings is 1. The average molecular weight is 304 g/mol. The van der Waals surface area contributed by atoms with Crippen molar-refractivity contribution in [1.29, 1.82) is 0 Å². The zero-order chi connectivity index (χ0) is 13.9. The lowest BCUT2D eigenvalue weighted by Crippen LogP contribution is -1.91. The highest BCUT2D eigenvalue weighted by molar-refractivity contribution is 7.99. The summed E-state index contributed by atoms with van der Waals surface area (Å²) < 4.78 is 5.29. The maximum absolute atomic E-state index is 6.42. The van der Waals surface area contributed by atoms with Crippen molar-refractivity contribution >= 4 is 29.2 Å². The van der Waals surface area contributed by atoms with Gasteiger partial charge < -0.3 is 10.2 Å². The average Bonchev–Trinajstić information content (AvgIpc) is 2.97. The lowest BCUT2D eigenvalue weighted by molar-refractivity contribution is 0.574. The summed E-state index contributed by atoms with van der Waals surface area (Å²) in [4.78, 5) is 9.91. The fourth-order valence-corrected chi connectivity index (χ4v) is 2.93. The molecule has 0 aliphatic carbocycles. The van der Waals surface area contributed by atoms with E-state index in [0.29, 0.717) is 16.7 Å². The second-order valence-corrected chi connectivity index (χ2v) is 5.41. The molecule has 0 aliphatic rings. The van der Waals surface area contributed by atoms with Crippen LogP contribution in [-0.4, -0.2) is 9.97 Å². The third-order valence-corrected chi connectivity index (χ3v) is 4.29. The van der Waals surface area contributed by atoms with Gasteiger partial charge in [-0.25, -0.2) is 9.97 Å². The summed E-state index contributed by atoms with van der Waals surface area (Å²) in [6, 6.07) is 9.43. The molecule has 0 spiro atoms. The first-order chi connectivity index (χ1) is 9.75. The number of halogens is 1. The van der Waals surface area contributed by atoms with Gasteiger partial charge in [-0.3, -0.25) is 0 Å². The zero-order valence-electron chi connectivity index (χ0n) is 10.3. The van der Waals surface area contributed by atoms with Crippen LogP contribution in [0.3, 0.4) is 0 Å². The van der Waals surface area contributed by atoms with Crippen molar-refractivity contribution in [3.05, 3.63) is 54.0 Å². The Bertz CT molecular complexity index is 731. The summed E-state index contributed by atoms with van der Waals surface area (Å²) in [7, 11) is 0. The summed E-state index contributed by atoms with van der Waals surface area (Å²) in [5.41, 5.74) is 6.60. The number of nitrogen functional groups attached to an aromatic ring is 1. The molecule has 2 heterocycles. The van der Waals surface area contributed by atoms with Crippen LogP contribution in [0.4, 0.5) is 5.82 Å². The minimum absolute atomic E-state index is 0.482. The molecule has 2 aromatic heterocycles. The largest absolute Gasteiger partial charge is 0.444 e. The number of nitrogens with zero attached hydrogens (tertiary/aromatic N) is 2. The SMILES string of the molecule is Nc1ncccc1Sc1cccc(-c2ncco2)c1Cl. The number of anilines is 1. The first-order valence-corrected chi connectivity index (χ1v) is 7.02. The summed E-state index contributed by atoms with van der Waals surface area (Å²) in [5.74, 6) is 0.978. The summed E-state index contributed by atoms with van der Waals surface area (Å²) in [6.07, 6.45) is 4.76. The van der Waals surface area contributed by atoms with Crippen molar-refractivity contribution in [2.24, 2.45) is 0 Å². The molecule has 0 atom stereocenters. The number of aromatic nitrogens is 2. The van der Waals surface area contributed by atoms with E-state index in [0.717, 1.165) is 15.4 Å². The van der Waals surface area contributed by atoms with Crippen molar-refractivity contribution in [2.45, 2.75) is 9.79 Å². The lowest BCUT2D eigenvalue weighted by atomic mass is 10.2. The van der Waals surface area contributed by atoms with Gasteiger partial charge in [0.2, 0.25) is 5.89 Å². The zero-order valence-corrected chi connectivity index (χ0v) is 11.9. The summed E-state index contributed by atoms with van der Waals surface area (Å²) in [5, 5.41) is 0.586. The number of hydrogen-bond acceptors (Lipinski definition) is 5. The highest BCUT2D eigenvalue weighted by Gasteiger charge is 2.13. The molecule has 100 valence electrons. The molecule has 0 fully saturated rings. The van der Waals surface area contributed by atoms with Gasteiger partial charge in [0, 0.05) is 11.1 Å². The Kier molecular flexibility index (Phi) is 3.62. The molecule has 0 amide bonds. The predicted molar refractivity (Wildman–Crippen MR) is 79.7 cm³/mol. The van der Waals surface area contributed by atoms with Crippen LogP contribution in [-0.2, 0) is 0 Å². The van der Waals surface area contributed by atoms with E-state index in [1.807, 2.05) is 30.3 Å². The second kappa shape index (κ2) is 5.56. The normalized spacial score (nSPS) is 10.7. The van der Waals surface area contributed by atoms with E-state index in [4.69, 9.17) is 21.8 Å². The highest BCUT2D eigenvalue weighted by Crippen LogP contribution is 2.39. The quantitative estimate of drug-likeness (QED) is 0.788. The molecule has 20 heavy (non-hydrogen) atoms. The third kappa shape index (κ3) is 2.50. The van der Waals surface area contributed by atoms with Crippen LogP contribution >= 0.6 is 23.4 Å². The van der Waals surface area contributed by atoms with Gasteiger partial charge >= 0.3 is 0 Å². The smallest absolute Gasteiger partial charge is 0.227 e. The van der Waals surface area contributed by atoms with Crippen LogP contribution in [0.25, 0.3) is 11.5 Å². The van der Waals surface area contributed by atoms with Gasteiger partial charge in [0.15, 0.2) is 0 Å². The Morgan fingerprint density at radius 1 is 1.05 bits per heavy atom. The third-order valence-electron chi connectivity index (χ3n) is 2.65. The van der Waals surface area contributed by atoms with E-state index in [-0.39, 0.29) is 0 Å². The van der Waals surface area contributed by atoms with E-state index in [1.54, 1.807) is 12.4 Å². The van der Waals surface area contributed by atoms with Crippen molar-refractivity contribution in [3.63, 3.8) is 0 Å². The van der Waals surface area contributed by atoms with Gasteiger partial charge in [-0.05, 0) is 24.3 Å². The van der Waals surface area contributed by atoms with Crippen LogP contribution in [0.5, 0.6) is 0 Å². The highest BCUT2D eigenvalue weighted by atomic mass is 35.5. The molecule has 0 unspecified atom stereocenters. The molecular weight excluding hydrogens is 294 g/mol. The fourth-order valence-electron chi connectivity index (χ4n) is 1.72. The van der Waals surface area contributed by atoms with E-state index in [9.17, 15) is 0 Å². The Hall–Kier alpha value is -1.98. The van der Waals surface area contributed by atoms with Crippen molar-refractivity contribution < 1.29 is 4.42 Å². The minimum Gasteiger partial charge on any atom is -0.444 e. The van der Waals surface area contributed by atoms with E-state index >= 15 is 0 Å². The number of nitrogens with two attached hydrogens (primary N) is 1. The second-order valence-electron chi connectivity index (χ2n) is 3.94. The molecule has 0 aliphatic heterocycles. The molecular formula is C14H10ClN3OS. The van der Waals surface area contributed by atoms with Gasteiger partial charge in [-0.2, -0.15) is 0 Å². The molecule has 3 rings (SSSR count). The maximum atomic E-state index is 6.42. The summed E-state index contributed by atoms with van der Waals surface area (Å²) >= 11 is 7.88. The Labute approximate surface area is 125 Å². The molecule has 0 saturated carbocycles. The van der Waals surface area contributed by atoms with Crippen LogP contribution < -0.4 is 5.73 Å². The number of oxazole rings is 1. The number of rotatable bonds is 3. The van der Waals surface area contributed by atoms with Gasteiger partial charge in [-0.1, -0.05) is 29.4 Å². The van der Waals surface area contributed by atoms with Gasteiger partial charge in [0.05, 0.1) is 21.7 Å². The molecule has 0 radical (unpaired) electrons. The first kappa shape index (κ1) is 13.0. The predicted octanol–water partition coefficient (Wildman–Crippen LogP) is 4.12. The lowest BCUT2D eigenvalue weighted by Gasteiger charge is -2.08. The van der Waals surface area contributed by atoms with Crippen molar-refractivity contribution in [1.82, 2.24) is 9.97 Å². The Morgan fingerprint density at radius 3 is 2.65 bits per heavy atom. The van der Waals surface area contributed by atoms with Crippen LogP contribution in [0.2, 0.25) is 5.02 Å². The first-order valence-electron chi connectivity index (χ1n) is 5.82. The maximum Gasteiger partial charge on any atom is 0.227 e. The minimum atomic E-state index is 0.482. The Balaban J connectivity index is 1.99. The molecule has 3 aromatic rings. The molecule has 0 saturated heterocycles. The topological polar surface area (TPSA) is 64.9 Å². The fraction of sp³-hybridized carbons (Fsp3) is 0. The molecule has 1 aromatic carbocycles. The van der Waals surface area contributed by atoms with E-state index < -0.39 is 0 Å². The Morgan fingerprint density at radius 2 is 1.90 bits per heavy atom. The van der Waals surface area contributed by atoms with Gasteiger partial charge in [0.1, 0.15) is 12.1 Å². The van der Waals surface area contributed by atoms with E-state index in [2.05, 4.69) is 9.97 Å². The standard InChI is InChI=1S/C14H10ClN3OS/c15-12-9(14-18-7-8-19-14)3-1-4-10(12)20-11-5-2-6-17-13(11)16/h1-8H,(H2,16,17). The van der Waals surface area contributed by atoms with Crippen molar-refractivity contribution in [2.75, 3.05) is 5.73 Å². The van der Waals surface area contributed by atoms with Crippen LogP contribution in [0, 0.1) is 0 Å². The summed E-state index contributed by atoms with van der Waals surface area (Å²) in [6.45, 7) is 0. The monoisotopic (exact) mass is 303 g/mol. The van der Waals surface area contributed by atoms with Crippen LogP contribution in [0.15, 0.2) is 63.2 Å². The number of hydrogen-bond donors (Lipinski definition) is 1. The number of benzene rings is 1. The molecule has 6 heteroatoms. The molecule has 2 N–H and O–H groups in total. The molecule has 0 bridgehead atoms.